The molecule has 0 aliphatic carbocycles. The number of piperidine rings is 1. The van der Waals surface area contributed by atoms with Crippen LogP contribution in [0.4, 0.5) is 10.2 Å². The molecule has 1 saturated heterocycles. The largest absolute Gasteiger partial charge is 0.310 e. The lowest BCUT2D eigenvalue weighted by molar-refractivity contribution is -0.121. The number of carbonyl (C=O) groups excluding carboxylic acids is 1. The van der Waals surface area contributed by atoms with Gasteiger partial charge in [0.05, 0.1) is 6.20 Å². The van der Waals surface area contributed by atoms with E-state index in [-0.39, 0.29) is 17.6 Å². The molecular weight excluding hydrogens is 381 g/mol. The van der Waals surface area contributed by atoms with Gasteiger partial charge in [-0.15, -0.1) is 0 Å². The summed E-state index contributed by atoms with van der Waals surface area (Å²) in [7, 11) is 1.83. The van der Waals surface area contributed by atoms with E-state index in [0.717, 1.165) is 43.6 Å². The number of amides is 1. The maximum Gasteiger partial charge on any atom is 0.228 e. The number of benzene rings is 1. The SMILES string of the molecule is CC(C)CN1CCC(C(=O)Nc2cc3cc(-c4cnn(C)c4)cc(F)c3cn2)CC1. The lowest BCUT2D eigenvalue weighted by atomic mass is 9.95. The van der Waals surface area contributed by atoms with Crippen molar-refractivity contribution in [3.63, 3.8) is 0 Å². The van der Waals surface area contributed by atoms with Crippen LogP contribution in [0.1, 0.15) is 26.7 Å². The fourth-order valence-corrected chi connectivity index (χ4v) is 4.14. The van der Waals surface area contributed by atoms with E-state index < -0.39 is 0 Å². The number of halogens is 1. The molecule has 0 radical (unpaired) electrons. The van der Waals surface area contributed by atoms with Crippen LogP contribution in [0.15, 0.2) is 36.8 Å². The number of aromatic nitrogens is 3. The average molecular weight is 410 g/mol. The van der Waals surface area contributed by atoms with Crippen molar-refractivity contribution in [2.24, 2.45) is 18.9 Å². The molecule has 1 aliphatic rings. The van der Waals surface area contributed by atoms with E-state index in [9.17, 15) is 9.18 Å². The first-order valence-electron chi connectivity index (χ1n) is 10.5. The monoisotopic (exact) mass is 409 g/mol. The number of anilines is 1. The second kappa shape index (κ2) is 8.52. The number of hydrogen-bond donors (Lipinski definition) is 1. The van der Waals surface area contributed by atoms with Crippen LogP contribution in [0.25, 0.3) is 21.9 Å². The minimum atomic E-state index is -0.339. The van der Waals surface area contributed by atoms with Gasteiger partial charge in [-0.2, -0.15) is 5.10 Å². The smallest absolute Gasteiger partial charge is 0.228 e. The summed E-state index contributed by atoms with van der Waals surface area (Å²) in [6.07, 6.45) is 6.74. The van der Waals surface area contributed by atoms with E-state index in [1.54, 1.807) is 16.9 Å². The Morgan fingerprint density at radius 3 is 2.63 bits per heavy atom. The van der Waals surface area contributed by atoms with Crippen molar-refractivity contribution in [2.45, 2.75) is 26.7 Å². The summed E-state index contributed by atoms with van der Waals surface area (Å²) >= 11 is 0. The molecule has 1 amide bonds. The van der Waals surface area contributed by atoms with Crippen LogP contribution in [0.3, 0.4) is 0 Å². The van der Waals surface area contributed by atoms with Crippen molar-refractivity contribution >= 4 is 22.5 Å². The summed E-state index contributed by atoms with van der Waals surface area (Å²) in [5.41, 5.74) is 1.59. The Labute approximate surface area is 176 Å². The second-order valence-corrected chi connectivity index (χ2v) is 8.61. The third-order valence-electron chi connectivity index (χ3n) is 5.66. The van der Waals surface area contributed by atoms with Gasteiger partial charge in [0.1, 0.15) is 11.6 Å². The average Bonchev–Trinajstić information content (AvgIpc) is 3.14. The van der Waals surface area contributed by atoms with Crippen LogP contribution in [0.2, 0.25) is 0 Å². The summed E-state index contributed by atoms with van der Waals surface area (Å²) in [4.78, 5) is 19.4. The highest BCUT2D eigenvalue weighted by molar-refractivity contribution is 5.95. The van der Waals surface area contributed by atoms with E-state index >= 15 is 0 Å². The first-order chi connectivity index (χ1) is 14.4. The first-order valence-corrected chi connectivity index (χ1v) is 10.5. The van der Waals surface area contributed by atoms with Crippen molar-refractivity contribution in [1.82, 2.24) is 19.7 Å². The summed E-state index contributed by atoms with van der Waals surface area (Å²) in [5, 5.41) is 8.22. The number of carbonyl (C=O) groups is 1. The molecule has 0 unspecified atom stereocenters. The molecule has 0 saturated carbocycles. The zero-order valence-corrected chi connectivity index (χ0v) is 17.7. The van der Waals surface area contributed by atoms with E-state index in [4.69, 9.17) is 0 Å². The number of aryl methyl sites for hydroxylation is 1. The molecule has 7 heteroatoms. The summed E-state index contributed by atoms with van der Waals surface area (Å²) in [6, 6.07) is 5.13. The van der Waals surface area contributed by atoms with E-state index in [2.05, 4.69) is 34.1 Å². The van der Waals surface area contributed by atoms with Crippen LogP contribution < -0.4 is 5.32 Å². The highest BCUT2D eigenvalue weighted by Gasteiger charge is 2.25. The Balaban J connectivity index is 1.49. The van der Waals surface area contributed by atoms with Gasteiger partial charge >= 0.3 is 0 Å². The Bertz CT molecular complexity index is 1050. The van der Waals surface area contributed by atoms with E-state index in [1.165, 1.54) is 12.3 Å². The second-order valence-electron chi connectivity index (χ2n) is 8.61. The normalized spacial score (nSPS) is 15.8. The molecule has 0 atom stereocenters. The molecule has 1 aromatic carbocycles. The van der Waals surface area contributed by atoms with Gasteiger partial charge in [0, 0.05) is 42.9 Å². The van der Waals surface area contributed by atoms with Crippen molar-refractivity contribution in [3.8, 4) is 11.1 Å². The predicted octanol–water partition coefficient (Wildman–Crippen LogP) is 4.08. The van der Waals surface area contributed by atoms with Crippen LogP contribution in [0.5, 0.6) is 0 Å². The quantitative estimate of drug-likeness (QED) is 0.690. The molecule has 0 spiro atoms. The Morgan fingerprint density at radius 1 is 1.20 bits per heavy atom. The number of rotatable bonds is 5. The fraction of sp³-hybridized carbons (Fsp3) is 0.435. The zero-order valence-electron chi connectivity index (χ0n) is 17.7. The Kier molecular flexibility index (Phi) is 5.81. The minimum Gasteiger partial charge on any atom is -0.310 e. The molecule has 30 heavy (non-hydrogen) atoms. The maximum atomic E-state index is 14.6. The van der Waals surface area contributed by atoms with E-state index in [0.29, 0.717) is 22.5 Å². The molecule has 1 N–H and O–H groups in total. The standard InChI is InChI=1S/C23H28FN5O/c1-15(2)13-29-6-4-16(5-7-29)23(30)27-22-10-18-8-17(19-11-26-28(3)14-19)9-21(24)20(18)12-25-22/h8-12,14-16H,4-7,13H2,1-3H3,(H,25,27,30). The van der Waals surface area contributed by atoms with Crippen molar-refractivity contribution in [2.75, 3.05) is 25.0 Å². The van der Waals surface area contributed by atoms with Gasteiger partial charge < -0.3 is 10.2 Å². The first kappa shape index (κ1) is 20.5. The highest BCUT2D eigenvalue weighted by Crippen LogP contribution is 2.28. The fourth-order valence-electron chi connectivity index (χ4n) is 4.14. The van der Waals surface area contributed by atoms with Crippen LogP contribution in [-0.2, 0) is 11.8 Å². The molecule has 1 fully saturated rings. The molecule has 3 aromatic rings. The topological polar surface area (TPSA) is 63.1 Å². The number of fused-ring (bicyclic) bond motifs is 1. The van der Waals surface area contributed by atoms with Gasteiger partial charge in [-0.25, -0.2) is 9.37 Å². The highest BCUT2D eigenvalue weighted by atomic mass is 19.1. The third kappa shape index (κ3) is 4.51. The van der Waals surface area contributed by atoms with Crippen LogP contribution in [-0.4, -0.2) is 45.2 Å². The molecule has 2 aromatic heterocycles. The molecule has 3 heterocycles. The van der Waals surface area contributed by atoms with E-state index in [1.807, 2.05) is 19.3 Å². The van der Waals surface area contributed by atoms with Crippen molar-refractivity contribution < 1.29 is 9.18 Å². The molecule has 4 rings (SSSR count). The molecule has 158 valence electrons. The molecule has 0 bridgehead atoms. The third-order valence-corrected chi connectivity index (χ3v) is 5.66. The Hall–Kier alpha value is -2.80. The van der Waals surface area contributed by atoms with Crippen molar-refractivity contribution in [3.05, 3.63) is 42.6 Å². The number of pyridine rings is 1. The van der Waals surface area contributed by atoms with Gasteiger partial charge in [0.2, 0.25) is 5.91 Å². The lowest BCUT2D eigenvalue weighted by Crippen LogP contribution is -2.39. The molecule has 6 nitrogen and oxygen atoms in total. The Morgan fingerprint density at radius 2 is 1.97 bits per heavy atom. The summed E-state index contributed by atoms with van der Waals surface area (Å²) < 4.78 is 16.3. The van der Waals surface area contributed by atoms with Crippen LogP contribution in [0, 0.1) is 17.7 Å². The molecule has 1 aliphatic heterocycles. The maximum absolute atomic E-state index is 14.6. The van der Waals surface area contributed by atoms with Gasteiger partial charge in [-0.05, 0) is 61.0 Å². The number of likely N-dealkylation sites (tertiary alicyclic amines) is 1. The van der Waals surface area contributed by atoms with Crippen molar-refractivity contribution in [1.29, 1.82) is 0 Å². The van der Waals surface area contributed by atoms with Gasteiger partial charge in [-0.1, -0.05) is 13.8 Å². The summed E-state index contributed by atoms with van der Waals surface area (Å²) in [6.45, 7) is 7.40. The molecular formula is C23H28FN5O. The minimum absolute atomic E-state index is 0.00469. The lowest BCUT2D eigenvalue weighted by Gasteiger charge is -2.32. The van der Waals surface area contributed by atoms with Gasteiger partial charge in [0.15, 0.2) is 0 Å². The van der Waals surface area contributed by atoms with Crippen LogP contribution >= 0.6 is 0 Å². The number of nitrogens with one attached hydrogen (secondary N) is 1. The van der Waals surface area contributed by atoms with Gasteiger partial charge in [0.25, 0.3) is 0 Å². The number of hydrogen-bond acceptors (Lipinski definition) is 4. The predicted molar refractivity (Wildman–Crippen MR) is 117 cm³/mol. The van der Waals surface area contributed by atoms with Gasteiger partial charge in [-0.3, -0.25) is 9.48 Å². The number of nitrogens with zero attached hydrogens (tertiary/aromatic N) is 4. The zero-order chi connectivity index (χ0) is 21.3. The summed E-state index contributed by atoms with van der Waals surface area (Å²) in [5.74, 6) is 0.738.